The van der Waals surface area contributed by atoms with Crippen LogP contribution in [0.1, 0.15) is 120 Å². The van der Waals surface area contributed by atoms with Crippen molar-refractivity contribution in [2.75, 3.05) is 32.9 Å². The number of ether oxygens (including phenoxy) is 1. The summed E-state index contributed by atoms with van der Waals surface area (Å²) in [5.74, 6) is -2.77. The molecule has 56 heavy (non-hydrogen) atoms. The van der Waals surface area contributed by atoms with Crippen LogP contribution in [0.15, 0.2) is 29.6 Å². The monoisotopic (exact) mass is 800 g/mol. The van der Waals surface area contributed by atoms with Crippen molar-refractivity contribution in [3.63, 3.8) is 0 Å². The summed E-state index contributed by atoms with van der Waals surface area (Å²) in [7, 11) is 3.36. The van der Waals surface area contributed by atoms with Gasteiger partial charge in [-0.25, -0.2) is 14.4 Å². The summed E-state index contributed by atoms with van der Waals surface area (Å²) in [5.41, 5.74) is 7.58. The topological polar surface area (TPSA) is 196 Å². The molecule has 2 aromatic rings. The number of hydrogen-bond acceptors (Lipinski definition) is 9. The normalized spacial score (nSPS) is 14.4. The van der Waals surface area contributed by atoms with Crippen LogP contribution in [0, 0.1) is 17.8 Å². The van der Waals surface area contributed by atoms with E-state index in [4.69, 9.17) is 10.5 Å². The second-order valence-corrected chi connectivity index (χ2v) is 16.1. The molecular weight excluding hydrogens is 735 g/mol. The average Bonchev–Trinajstić information content (AvgIpc) is 3.65. The van der Waals surface area contributed by atoms with Crippen molar-refractivity contribution >= 4 is 53.5 Å². The zero-order chi connectivity index (χ0) is 41.9. The number of nitrogens with zero attached hydrogens (tertiary/aromatic N) is 3. The lowest BCUT2D eigenvalue weighted by Crippen LogP contribution is -2.56. The van der Waals surface area contributed by atoms with Crippen LogP contribution in [0.25, 0.3) is 0 Å². The Morgan fingerprint density at radius 3 is 2.32 bits per heavy atom. The Labute approximate surface area is 337 Å². The fourth-order valence-corrected chi connectivity index (χ4v) is 7.34. The van der Waals surface area contributed by atoms with Crippen LogP contribution in [-0.4, -0.2) is 101 Å². The lowest BCUT2D eigenvalue weighted by atomic mass is 9.92. The zero-order valence-electron chi connectivity index (χ0n) is 34.6. The molecule has 0 aliphatic carbocycles. The van der Waals surface area contributed by atoms with Crippen LogP contribution in [-0.2, 0) is 25.5 Å². The number of carbonyl (C=O) groups is 5. The van der Waals surface area contributed by atoms with Crippen molar-refractivity contribution in [3.8, 4) is 0 Å². The van der Waals surface area contributed by atoms with Gasteiger partial charge in [0, 0.05) is 56.0 Å². The van der Waals surface area contributed by atoms with Gasteiger partial charge in [0.15, 0.2) is 6.10 Å². The molecule has 6 atom stereocenters. The molecule has 0 fully saturated rings. The number of nitrogens with two attached hydrogens (primary N) is 1. The van der Waals surface area contributed by atoms with E-state index in [0.717, 1.165) is 36.3 Å². The van der Waals surface area contributed by atoms with Crippen molar-refractivity contribution < 1.29 is 38.4 Å². The van der Waals surface area contributed by atoms with Gasteiger partial charge in [-0.05, 0) is 55.6 Å². The summed E-state index contributed by atoms with van der Waals surface area (Å²) >= 11 is 1.16. The number of thiazole rings is 1. The number of nitrogen functional groups attached to an aromatic ring is 1. The van der Waals surface area contributed by atoms with Gasteiger partial charge < -0.3 is 36.4 Å². The first kappa shape index (κ1) is 47.6. The molecule has 14 nitrogen and oxygen atoms in total. The molecule has 0 aliphatic rings. The van der Waals surface area contributed by atoms with Gasteiger partial charge >= 0.3 is 12.1 Å². The summed E-state index contributed by atoms with van der Waals surface area (Å²) in [6.45, 7) is 16.6. The Morgan fingerprint density at radius 1 is 1.04 bits per heavy atom. The quantitative estimate of drug-likeness (QED) is 0.0364. The van der Waals surface area contributed by atoms with Crippen LogP contribution >= 0.6 is 11.3 Å². The average molecular weight is 801 g/mol. The molecule has 1 aromatic carbocycles. The molecule has 15 heteroatoms. The lowest BCUT2D eigenvalue weighted by molar-refractivity contribution is -0.488. The SMILES string of the molecule is C=[N+](C)CCCCCC(=O)NC(C(=O)N(CCC)C(CC(OC(=O)NC)c1nc(C(=O)NC(Cc2ccccc2N)CC(C)C(=O)O)cs1)C(C)C)C(C)CC. The number of alkyl carbamates (subject to hydrolysis) is 1. The van der Waals surface area contributed by atoms with Crippen LogP contribution in [0.3, 0.4) is 0 Å². The molecule has 1 heterocycles. The van der Waals surface area contributed by atoms with Gasteiger partial charge in [-0.3, -0.25) is 19.2 Å². The van der Waals surface area contributed by atoms with Gasteiger partial charge in [-0.2, -0.15) is 0 Å². The third kappa shape index (κ3) is 15.5. The van der Waals surface area contributed by atoms with E-state index in [1.165, 1.54) is 7.05 Å². The summed E-state index contributed by atoms with van der Waals surface area (Å²) in [6.07, 6.45) is 3.26. The fourth-order valence-electron chi connectivity index (χ4n) is 6.50. The highest BCUT2D eigenvalue weighted by atomic mass is 32.1. The largest absolute Gasteiger partial charge is 0.481 e. The lowest BCUT2D eigenvalue weighted by Gasteiger charge is -2.39. The molecule has 0 saturated carbocycles. The predicted molar refractivity (Wildman–Crippen MR) is 221 cm³/mol. The van der Waals surface area contributed by atoms with Gasteiger partial charge in [0.1, 0.15) is 37.1 Å². The number of hydrogen-bond donors (Lipinski definition) is 5. The van der Waals surface area contributed by atoms with Crippen LogP contribution in [0.2, 0.25) is 0 Å². The predicted octanol–water partition coefficient (Wildman–Crippen LogP) is 5.66. The molecule has 0 saturated heterocycles. The minimum absolute atomic E-state index is 0.0779. The van der Waals surface area contributed by atoms with Crippen LogP contribution in [0.5, 0.6) is 0 Å². The van der Waals surface area contributed by atoms with Gasteiger partial charge in [-0.1, -0.05) is 66.2 Å². The maximum absolute atomic E-state index is 14.5. The van der Waals surface area contributed by atoms with E-state index in [-0.39, 0.29) is 42.2 Å². The third-order valence-corrected chi connectivity index (χ3v) is 10.9. The molecule has 4 amide bonds. The molecule has 2 rings (SSSR count). The second-order valence-electron chi connectivity index (χ2n) is 15.2. The molecule has 312 valence electrons. The fraction of sp³-hybridized carbons (Fsp3) is 0.634. The van der Waals surface area contributed by atoms with Crippen molar-refractivity contribution in [2.24, 2.45) is 17.8 Å². The van der Waals surface area contributed by atoms with Crippen LogP contribution in [0.4, 0.5) is 10.5 Å². The van der Waals surface area contributed by atoms with E-state index in [1.807, 2.05) is 58.4 Å². The van der Waals surface area contributed by atoms with Gasteiger partial charge in [0.05, 0.1) is 5.92 Å². The first-order chi connectivity index (χ1) is 26.5. The Balaban J connectivity index is 2.38. The molecule has 6 N–H and O–H groups in total. The van der Waals surface area contributed by atoms with Crippen molar-refractivity contribution in [1.82, 2.24) is 25.8 Å². The molecule has 6 unspecified atom stereocenters. The highest BCUT2D eigenvalue weighted by Crippen LogP contribution is 2.32. The number of amides is 4. The summed E-state index contributed by atoms with van der Waals surface area (Å²) in [6, 6.07) is 5.52. The minimum Gasteiger partial charge on any atom is -0.481 e. The van der Waals surface area contributed by atoms with Gasteiger partial charge in [0.25, 0.3) is 5.91 Å². The molecule has 0 bridgehead atoms. The van der Waals surface area contributed by atoms with E-state index >= 15 is 0 Å². The number of carboxylic acid groups (broad SMARTS) is 1. The zero-order valence-corrected chi connectivity index (χ0v) is 35.5. The first-order valence-corrected chi connectivity index (χ1v) is 20.7. The number of anilines is 1. The molecular formula is C41H66N7O7S+. The summed E-state index contributed by atoms with van der Waals surface area (Å²) in [5, 5.41) is 20.0. The molecule has 0 aliphatic heterocycles. The number of carbonyl (C=O) groups excluding carboxylic acids is 4. The number of unbranched alkanes of at least 4 members (excludes halogenated alkanes) is 2. The Bertz CT molecular complexity index is 1600. The first-order valence-electron chi connectivity index (χ1n) is 19.8. The molecule has 1 aromatic heterocycles. The third-order valence-electron chi connectivity index (χ3n) is 10.0. The van der Waals surface area contributed by atoms with Crippen molar-refractivity contribution in [2.45, 2.75) is 124 Å². The molecule has 0 spiro atoms. The number of rotatable bonds is 25. The Morgan fingerprint density at radius 2 is 1.73 bits per heavy atom. The number of aromatic nitrogens is 1. The van der Waals surface area contributed by atoms with Gasteiger partial charge in [-0.15, -0.1) is 11.3 Å². The second kappa shape index (κ2) is 24.2. The summed E-state index contributed by atoms with van der Waals surface area (Å²) < 4.78 is 7.73. The van der Waals surface area contributed by atoms with Gasteiger partial charge in [0.2, 0.25) is 11.8 Å². The minimum atomic E-state index is -0.979. The highest BCUT2D eigenvalue weighted by Gasteiger charge is 2.37. The van der Waals surface area contributed by atoms with E-state index in [1.54, 1.807) is 29.3 Å². The standard InChI is InChI=1S/C41H65N7O7S/c1-10-20-48(39(51)36(27(5)11-2)46-35(49)19-13-12-16-21-47(8)9)33(26(3)4)24-34(55-41(54)43-7)38-45-32(25-56-38)37(50)44-30(22-28(6)40(52)53)23-29-17-14-15-18-31(29)42/h14-15,17-18,25-28,30,33-34,36H,8,10-13,16,19-24,42H2,1-7,9H3,(H3-,43,44,46,49,50,52,53,54)/p+1. The number of para-hydroxylation sites is 1. The number of aliphatic carboxylic acids is 1. The van der Waals surface area contributed by atoms with Crippen molar-refractivity contribution in [1.29, 1.82) is 0 Å². The number of carboxylic acids is 1. The summed E-state index contributed by atoms with van der Waals surface area (Å²) in [4.78, 5) is 72.1. The molecule has 0 radical (unpaired) electrons. The maximum Gasteiger partial charge on any atom is 0.407 e. The van der Waals surface area contributed by atoms with E-state index in [9.17, 15) is 29.1 Å². The van der Waals surface area contributed by atoms with E-state index < -0.39 is 48.1 Å². The smallest absolute Gasteiger partial charge is 0.407 e. The number of nitrogens with one attached hydrogen (secondary N) is 3. The van der Waals surface area contributed by atoms with E-state index in [0.29, 0.717) is 49.3 Å². The Kier molecular flexibility index (Phi) is 20.6. The van der Waals surface area contributed by atoms with Crippen LogP contribution < -0.4 is 21.7 Å². The highest BCUT2D eigenvalue weighted by molar-refractivity contribution is 7.09. The Hall–Kier alpha value is -4.53. The van der Waals surface area contributed by atoms with Crippen molar-refractivity contribution in [3.05, 3.63) is 45.9 Å². The van der Waals surface area contributed by atoms with E-state index in [2.05, 4.69) is 27.7 Å². The number of benzene rings is 1. The maximum atomic E-state index is 14.5.